The lowest BCUT2D eigenvalue weighted by Gasteiger charge is -2.36. The molecule has 0 aromatic heterocycles. The van der Waals surface area contributed by atoms with Crippen molar-refractivity contribution >= 4 is 5.78 Å². The molecular formula is C11H18O3. The first-order chi connectivity index (χ1) is 6.40. The molecule has 0 saturated heterocycles. The average molecular weight is 198 g/mol. The summed E-state index contributed by atoms with van der Waals surface area (Å²) in [6.07, 6.45) is 0.114. The Balaban J connectivity index is 3.10. The fourth-order valence-corrected chi connectivity index (χ4v) is 2.24. The first-order valence-electron chi connectivity index (χ1n) is 4.93. The highest BCUT2D eigenvalue weighted by molar-refractivity contribution is 6.00. The predicted molar refractivity (Wildman–Crippen MR) is 53.8 cm³/mol. The second-order valence-corrected chi connectivity index (χ2v) is 4.55. The lowest BCUT2D eigenvalue weighted by atomic mass is 9.70. The molecule has 0 heterocycles. The quantitative estimate of drug-likeness (QED) is 0.697. The van der Waals surface area contributed by atoms with Crippen molar-refractivity contribution < 1.29 is 15.0 Å². The summed E-state index contributed by atoms with van der Waals surface area (Å²) in [5.74, 6) is -0.187. The number of carbonyl (C=O) groups is 1. The van der Waals surface area contributed by atoms with Crippen molar-refractivity contribution in [3.05, 3.63) is 11.1 Å². The minimum Gasteiger partial charge on any atom is -0.396 e. The molecule has 3 nitrogen and oxygen atoms in total. The van der Waals surface area contributed by atoms with Gasteiger partial charge in [0.2, 0.25) is 0 Å². The third-order valence-corrected chi connectivity index (χ3v) is 3.01. The third kappa shape index (κ3) is 1.88. The van der Waals surface area contributed by atoms with E-state index < -0.39 is 6.10 Å². The molecular weight excluding hydrogens is 180 g/mol. The molecule has 0 amide bonds. The smallest absolute Gasteiger partial charge is 0.186 e. The number of carbonyl (C=O) groups excluding carboxylic acids is 1. The normalized spacial score (nSPS) is 26.9. The molecule has 0 fully saturated rings. The van der Waals surface area contributed by atoms with Crippen LogP contribution in [0.15, 0.2) is 11.1 Å². The van der Waals surface area contributed by atoms with Gasteiger partial charge in [-0.2, -0.15) is 0 Å². The number of rotatable bonds is 2. The van der Waals surface area contributed by atoms with Gasteiger partial charge in [0.15, 0.2) is 5.78 Å². The first-order valence-corrected chi connectivity index (χ1v) is 4.93. The molecule has 14 heavy (non-hydrogen) atoms. The van der Waals surface area contributed by atoms with Crippen molar-refractivity contribution in [1.82, 2.24) is 0 Å². The zero-order valence-corrected chi connectivity index (χ0v) is 9.00. The van der Waals surface area contributed by atoms with Crippen molar-refractivity contribution in [2.45, 2.75) is 39.7 Å². The van der Waals surface area contributed by atoms with E-state index in [-0.39, 0.29) is 17.8 Å². The van der Waals surface area contributed by atoms with E-state index in [2.05, 4.69) is 0 Å². The van der Waals surface area contributed by atoms with Gasteiger partial charge >= 0.3 is 0 Å². The van der Waals surface area contributed by atoms with Gasteiger partial charge in [-0.1, -0.05) is 19.4 Å². The summed E-state index contributed by atoms with van der Waals surface area (Å²) in [6.45, 7) is 5.78. The van der Waals surface area contributed by atoms with Gasteiger partial charge < -0.3 is 10.2 Å². The monoisotopic (exact) mass is 198 g/mol. The summed E-state index contributed by atoms with van der Waals surface area (Å²) in [6, 6.07) is 0. The Bertz CT molecular complexity index is 276. The molecule has 0 unspecified atom stereocenters. The Kier molecular flexibility index (Phi) is 3.12. The Morgan fingerprint density at radius 2 is 2.07 bits per heavy atom. The van der Waals surface area contributed by atoms with Gasteiger partial charge in [-0.3, -0.25) is 4.79 Å². The fourth-order valence-electron chi connectivity index (χ4n) is 2.24. The van der Waals surface area contributed by atoms with Crippen LogP contribution >= 0.6 is 0 Å². The van der Waals surface area contributed by atoms with Crippen LogP contribution in [0.2, 0.25) is 0 Å². The number of Topliss-reactive ketones (excluding diaryl/α,β-unsaturated/α-hetero) is 1. The van der Waals surface area contributed by atoms with E-state index in [0.29, 0.717) is 18.4 Å². The summed E-state index contributed by atoms with van der Waals surface area (Å²) >= 11 is 0. The van der Waals surface area contributed by atoms with E-state index in [0.717, 1.165) is 5.57 Å². The number of hydrogen-bond donors (Lipinski definition) is 2. The van der Waals surface area contributed by atoms with Crippen LogP contribution in [-0.2, 0) is 4.79 Å². The van der Waals surface area contributed by atoms with Crippen molar-refractivity contribution in [3.63, 3.8) is 0 Å². The van der Waals surface area contributed by atoms with Crippen molar-refractivity contribution in [3.8, 4) is 0 Å². The van der Waals surface area contributed by atoms with Crippen LogP contribution in [-0.4, -0.2) is 28.7 Å². The Morgan fingerprint density at radius 1 is 1.50 bits per heavy atom. The maximum Gasteiger partial charge on any atom is 0.186 e. The molecule has 1 aliphatic rings. The van der Waals surface area contributed by atoms with Gasteiger partial charge in [0.1, 0.15) is 6.10 Å². The topological polar surface area (TPSA) is 57.5 Å². The van der Waals surface area contributed by atoms with Crippen LogP contribution < -0.4 is 0 Å². The third-order valence-electron chi connectivity index (χ3n) is 3.01. The number of hydrogen-bond acceptors (Lipinski definition) is 3. The van der Waals surface area contributed by atoms with Crippen molar-refractivity contribution in [2.75, 3.05) is 6.61 Å². The zero-order valence-electron chi connectivity index (χ0n) is 9.00. The first kappa shape index (κ1) is 11.4. The van der Waals surface area contributed by atoms with E-state index in [1.165, 1.54) is 0 Å². The van der Waals surface area contributed by atoms with Gasteiger partial charge in [-0.05, 0) is 30.8 Å². The predicted octanol–water partition coefficient (Wildman–Crippen LogP) is 1.05. The number of aliphatic hydroxyl groups is 2. The molecule has 0 saturated carbocycles. The molecule has 1 rings (SSSR count). The lowest BCUT2D eigenvalue weighted by molar-refractivity contribution is -0.125. The number of ketones is 1. The van der Waals surface area contributed by atoms with Crippen LogP contribution in [0, 0.1) is 5.41 Å². The molecule has 3 heteroatoms. The summed E-state index contributed by atoms with van der Waals surface area (Å²) < 4.78 is 0. The highest BCUT2D eigenvalue weighted by Crippen LogP contribution is 2.40. The maximum absolute atomic E-state index is 11.5. The Labute approximate surface area is 84.4 Å². The van der Waals surface area contributed by atoms with Crippen LogP contribution in [0.25, 0.3) is 0 Å². The standard InChI is InChI=1S/C11H18O3/c1-7-8(4-5-12)11(2,3)6-9(13)10(7)14/h9,12-13H,4-6H2,1-3H3/t9-/m0/s1. The van der Waals surface area contributed by atoms with Gasteiger partial charge in [-0.15, -0.1) is 0 Å². The molecule has 0 bridgehead atoms. The molecule has 1 aliphatic carbocycles. The molecule has 0 radical (unpaired) electrons. The molecule has 0 spiro atoms. The van der Waals surface area contributed by atoms with E-state index >= 15 is 0 Å². The average Bonchev–Trinajstić information content (AvgIpc) is 2.08. The van der Waals surface area contributed by atoms with Gasteiger partial charge in [0.05, 0.1) is 0 Å². The second-order valence-electron chi connectivity index (χ2n) is 4.55. The van der Waals surface area contributed by atoms with E-state index in [1.807, 2.05) is 13.8 Å². The fraction of sp³-hybridized carbons (Fsp3) is 0.727. The van der Waals surface area contributed by atoms with Crippen LogP contribution in [0.5, 0.6) is 0 Å². The lowest BCUT2D eigenvalue weighted by Crippen LogP contribution is -2.36. The summed E-state index contributed by atoms with van der Waals surface area (Å²) in [4.78, 5) is 11.5. The number of aliphatic hydroxyl groups excluding tert-OH is 2. The van der Waals surface area contributed by atoms with E-state index in [4.69, 9.17) is 5.11 Å². The maximum atomic E-state index is 11.5. The largest absolute Gasteiger partial charge is 0.396 e. The summed E-state index contributed by atoms with van der Waals surface area (Å²) in [5, 5.41) is 18.4. The molecule has 2 N–H and O–H groups in total. The Hall–Kier alpha value is -0.670. The zero-order chi connectivity index (χ0) is 10.9. The summed E-state index contributed by atoms with van der Waals surface area (Å²) in [7, 11) is 0. The van der Waals surface area contributed by atoms with Gasteiger partial charge in [0.25, 0.3) is 0 Å². The molecule has 1 atom stereocenters. The summed E-state index contributed by atoms with van der Waals surface area (Å²) in [5.41, 5.74) is 1.43. The highest BCUT2D eigenvalue weighted by Gasteiger charge is 2.37. The van der Waals surface area contributed by atoms with Gasteiger partial charge in [-0.25, -0.2) is 0 Å². The molecule has 0 aromatic rings. The van der Waals surface area contributed by atoms with E-state index in [1.54, 1.807) is 6.92 Å². The van der Waals surface area contributed by atoms with Gasteiger partial charge in [0, 0.05) is 6.61 Å². The van der Waals surface area contributed by atoms with Crippen molar-refractivity contribution in [2.24, 2.45) is 5.41 Å². The SMILES string of the molecule is CC1=C(CCO)C(C)(C)C[C@H](O)C1=O. The van der Waals surface area contributed by atoms with Crippen LogP contribution in [0.4, 0.5) is 0 Å². The van der Waals surface area contributed by atoms with Crippen LogP contribution in [0.3, 0.4) is 0 Å². The minimum absolute atomic E-state index is 0.0550. The Morgan fingerprint density at radius 3 is 2.57 bits per heavy atom. The molecule has 80 valence electrons. The minimum atomic E-state index is -0.868. The van der Waals surface area contributed by atoms with Crippen molar-refractivity contribution in [1.29, 1.82) is 0 Å². The van der Waals surface area contributed by atoms with Crippen LogP contribution in [0.1, 0.15) is 33.6 Å². The van der Waals surface area contributed by atoms with E-state index in [9.17, 15) is 9.90 Å². The highest BCUT2D eigenvalue weighted by atomic mass is 16.3. The molecule has 0 aliphatic heterocycles. The second kappa shape index (κ2) is 3.83. The molecule has 0 aromatic carbocycles.